The number of hydrogen-bond acceptors (Lipinski definition) is 2. The van der Waals surface area contributed by atoms with E-state index < -0.39 is 0 Å². The highest BCUT2D eigenvalue weighted by Gasteiger charge is 2.08. The van der Waals surface area contributed by atoms with Crippen LogP contribution in [0.25, 0.3) is 0 Å². The van der Waals surface area contributed by atoms with Gasteiger partial charge in [-0.25, -0.2) is 0 Å². The van der Waals surface area contributed by atoms with Gasteiger partial charge in [0.05, 0.1) is 6.54 Å². The minimum Gasteiger partial charge on any atom is -0.343 e. The summed E-state index contributed by atoms with van der Waals surface area (Å²) < 4.78 is 0. The van der Waals surface area contributed by atoms with E-state index in [-0.39, 0.29) is 18.4 Å². The number of aryl methyl sites for hydroxylation is 3. The van der Waals surface area contributed by atoms with Crippen molar-refractivity contribution in [3.05, 3.63) is 53.1 Å². The van der Waals surface area contributed by atoms with Gasteiger partial charge in [-0.05, 0) is 38.8 Å². The van der Waals surface area contributed by atoms with Crippen LogP contribution in [0.4, 0.5) is 5.69 Å². The largest absolute Gasteiger partial charge is 0.343 e. The smallest absolute Gasteiger partial charge is 0.244 e. The van der Waals surface area contributed by atoms with Gasteiger partial charge in [0.1, 0.15) is 0 Å². The molecule has 0 aliphatic heterocycles. The second-order valence-corrected chi connectivity index (χ2v) is 4.92. The second kappa shape index (κ2) is 8.04. The highest BCUT2D eigenvalue weighted by Crippen LogP contribution is 2.21. The van der Waals surface area contributed by atoms with E-state index in [2.05, 4.69) is 10.6 Å². The topological polar surface area (TPSA) is 58.2 Å². The first-order valence-corrected chi connectivity index (χ1v) is 6.89. The molecule has 1 aromatic rings. The van der Waals surface area contributed by atoms with Gasteiger partial charge in [0, 0.05) is 11.8 Å². The molecule has 0 fully saturated rings. The zero-order valence-corrected chi connectivity index (χ0v) is 13.0. The van der Waals surface area contributed by atoms with Gasteiger partial charge in [0.2, 0.25) is 11.8 Å². The number of hydrogen-bond donors (Lipinski definition) is 2. The average molecular weight is 286 g/mol. The lowest BCUT2D eigenvalue weighted by molar-refractivity contribution is -0.121. The van der Waals surface area contributed by atoms with E-state index in [0.717, 1.165) is 22.4 Å². The molecule has 0 spiro atoms. The number of nitrogens with one attached hydrogen (secondary N) is 2. The Kier molecular flexibility index (Phi) is 6.40. The predicted octanol–water partition coefficient (Wildman–Crippen LogP) is 2.80. The van der Waals surface area contributed by atoms with Crippen molar-refractivity contribution in [2.75, 3.05) is 11.9 Å². The third-order valence-corrected chi connectivity index (χ3v) is 2.92. The van der Waals surface area contributed by atoms with Gasteiger partial charge >= 0.3 is 0 Å². The Labute approximate surface area is 125 Å². The molecule has 4 nitrogen and oxygen atoms in total. The zero-order valence-electron chi connectivity index (χ0n) is 13.0. The molecule has 0 unspecified atom stereocenters. The summed E-state index contributed by atoms with van der Waals surface area (Å²) in [6.07, 6.45) is 6.58. The fourth-order valence-corrected chi connectivity index (χ4v) is 2.04. The van der Waals surface area contributed by atoms with Crippen LogP contribution in [-0.2, 0) is 9.59 Å². The van der Waals surface area contributed by atoms with Crippen molar-refractivity contribution >= 4 is 17.5 Å². The van der Waals surface area contributed by atoms with Crippen LogP contribution in [0.15, 0.2) is 36.4 Å². The van der Waals surface area contributed by atoms with E-state index in [1.54, 1.807) is 12.2 Å². The van der Waals surface area contributed by atoms with Crippen LogP contribution >= 0.6 is 0 Å². The predicted molar refractivity (Wildman–Crippen MR) is 86.2 cm³/mol. The van der Waals surface area contributed by atoms with Crippen LogP contribution in [0.5, 0.6) is 0 Å². The molecule has 0 aliphatic rings. The van der Waals surface area contributed by atoms with Crippen LogP contribution in [-0.4, -0.2) is 18.4 Å². The first-order valence-electron chi connectivity index (χ1n) is 6.89. The number of amides is 2. The number of anilines is 1. The number of allylic oxidation sites excluding steroid dienone is 3. The minimum atomic E-state index is -0.291. The Bertz CT molecular complexity index is 563. The lowest BCUT2D eigenvalue weighted by Crippen LogP contribution is -2.32. The van der Waals surface area contributed by atoms with Crippen molar-refractivity contribution < 1.29 is 9.59 Å². The Hall–Kier alpha value is -2.36. The molecule has 0 radical (unpaired) electrons. The third-order valence-electron chi connectivity index (χ3n) is 2.92. The van der Waals surface area contributed by atoms with Crippen LogP contribution in [0.2, 0.25) is 0 Å². The Morgan fingerprint density at radius 2 is 1.71 bits per heavy atom. The molecule has 0 atom stereocenters. The van der Waals surface area contributed by atoms with Crippen molar-refractivity contribution in [3.63, 3.8) is 0 Å². The summed E-state index contributed by atoms with van der Waals surface area (Å²) in [4.78, 5) is 23.3. The van der Waals surface area contributed by atoms with Gasteiger partial charge in [0.15, 0.2) is 0 Å². The molecular formula is C17H22N2O2. The summed E-state index contributed by atoms with van der Waals surface area (Å²) in [7, 11) is 0. The van der Waals surface area contributed by atoms with Crippen LogP contribution in [0.1, 0.15) is 23.6 Å². The molecule has 0 saturated carbocycles. The van der Waals surface area contributed by atoms with Gasteiger partial charge in [-0.15, -0.1) is 0 Å². The molecule has 0 aromatic heterocycles. The summed E-state index contributed by atoms with van der Waals surface area (Å²) in [5.74, 6) is -0.529. The van der Waals surface area contributed by atoms with Gasteiger partial charge in [-0.1, -0.05) is 35.9 Å². The quantitative estimate of drug-likeness (QED) is 0.646. The molecule has 0 aliphatic carbocycles. The molecule has 2 amide bonds. The molecule has 21 heavy (non-hydrogen) atoms. The Morgan fingerprint density at radius 1 is 1.10 bits per heavy atom. The van der Waals surface area contributed by atoms with Crippen LogP contribution in [0, 0.1) is 20.8 Å². The zero-order chi connectivity index (χ0) is 15.8. The molecule has 0 bridgehead atoms. The average Bonchev–Trinajstić information content (AvgIpc) is 2.41. The Morgan fingerprint density at radius 3 is 2.29 bits per heavy atom. The maximum absolute atomic E-state index is 11.9. The van der Waals surface area contributed by atoms with Crippen molar-refractivity contribution in [3.8, 4) is 0 Å². The molecule has 2 N–H and O–H groups in total. The molecule has 1 aromatic carbocycles. The third kappa shape index (κ3) is 5.65. The molecular weight excluding hydrogens is 264 g/mol. The minimum absolute atomic E-state index is 0.0498. The summed E-state index contributed by atoms with van der Waals surface area (Å²) in [6, 6.07) is 4.03. The fraction of sp³-hybridized carbons (Fsp3) is 0.294. The highest BCUT2D eigenvalue weighted by molar-refractivity contribution is 5.97. The van der Waals surface area contributed by atoms with E-state index in [1.165, 1.54) is 6.08 Å². The number of carbonyl (C=O) groups excluding carboxylic acids is 2. The standard InChI is InChI=1S/C17H22N2O2/c1-5-6-7-8-15(20)18-11-16(21)19-17-13(3)9-12(2)10-14(17)4/h5-10H,11H2,1-4H3,(H,18,20)(H,19,21). The molecule has 4 heteroatoms. The van der Waals surface area contributed by atoms with Crippen LogP contribution < -0.4 is 10.6 Å². The number of rotatable bonds is 5. The molecule has 1 rings (SSSR count). The SMILES string of the molecule is CC=CC=CC(=O)NCC(=O)Nc1c(C)cc(C)cc1C. The van der Waals surface area contributed by atoms with Crippen molar-refractivity contribution in [1.82, 2.24) is 5.32 Å². The highest BCUT2D eigenvalue weighted by atomic mass is 16.2. The van der Waals surface area contributed by atoms with E-state index in [4.69, 9.17) is 0 Å². The summed E-state index contributed by atoms with van der Waals surface area (Å²) in [5, 5.41) is 5.38. The normalized spacial score (nSPS) is 11.0. The maximum atomic E-state index is 11.9. The van der Waals surface area contributed by atoms with Crippen molar-refractivity contribution in [1.29, 1.82) is 0 Å². The van der Waals surface area contributed by atoms with E-state index in [1.807, 2.05) is 45.9 Å². The van der Waals surface area contributed by atoms with Gasteiger partial charge in [-0.3, -0.25) is 9.59 Å². The number of benzene rings is 1. The van der Waals surface area contributed by atoms with Crippen LogP contribution in [0.3, 0.4) is 0 Å². The second-order valence-electron chi connectivity index (χ2n) is 4.92. The summed E-state index contributed by atoms with van der Waals surface area (Å²) in [6.45, 7) is 7.73. The lowest BCUT2D eigenvalue weighted by Gasteiger charge is -2.12. The molecule has 0 heterocycles. The number of carbonyl (C=O) groups is 2. The summed E-state index contributed by atoms with van der Waals surface area (Å²) >= 11 is 0. The van der Waals surface area contributed by atoms with Gasteiger partial charge in [0.25, 0.3) is 0 Å². The first-order chi connectivity index (χ1) is 9.93. The van der Waals surface area contributed by atoms with E-state index >= 15 is 0 Å². The fourth-order valence-electron chi connectivity index (χ4n) is 2.04. The van der Waals surface area contributed by atoms with Crippen molar-refractivity contribution in [2.45, 2.75) is 27.7 Å². The van der Waals surface area contributed by atoms with Gasteiger partial charge in [-0.2, -0.15) is 0 Å². The van der Waals surface area contributed by atoms with E-state index in [9.17, 15) is 9.59 Å². The summed E-state index contributed by atoms with van der Waals surface area (Å²) in [5.41, 5.74) is 4.00. The first kappa shape index (κ1) is 16.7. The Balaban J connectivity index is 2.57. The maximum Gasteiger partial charge on any atom is 0.244 e. The molecule has 112 valence electrons. The molecule has 0 saturated heterocycles. The van der Waals surface area contributed by atoms with Gasteiger partial charge < -0.3 is 10.6 Å². The van der Waals surface area contributed by atoms with E-state index in [0.29, 0.717) is 0 Å². The van der Waals surface area contributed by atoms with Crippen molar-refractivity contribution in [2.24, 2.45) is 0 Å². The monoisotopic (exact) mass is 286 g/mol. The lowest BCUT2D eigenvalue weighted by atomic mass is 10.1.